The third kappa shape index (κ3) is 2.71. The zero-order valence-electron chi connectivity index (χ0n) is 9.72. The number of nitrogens with two attached hydrogens (primary N) is 1. The summed E-state index contributed by atoms with van der Waals surface area (Å²) in [7, 11) is 0. The van der Waals surface area contributed by atoms with E-state index >= 15 is 0 Å². The fourth-order valence-corrected chi connectivity index (χ4v) is 2.19. The molecule has 1 aliphatic rings. The molecule has 1 fully saturated rings. The molecule has 2 atom stereocenters. The predicted molar refractivity (Wildman–Crippen MR) is 62.5 cm³/mol. The third-order valence-corrected chi connectivity index (χ3v) is 2.87. The van der Waals surface area contributed by atoms with E-state index < -0.39 is 0 Å². The van der Waals surface area contributed by atoms with E-state index in [9.17, 15) is 9.59 Å². The van der Waals surface area contributed by atoms with Gasteiger partial charge < -0.3 is 15.6 Å². The summed E-state index contributed by atoms with van der Waals surface area (Å²) in [5, 5.41) is 0. The van der Waals surface area contributed by atoms with Crippen molar-refractivity contribution in [3.05, 3.63) is 28.4 Å². The lowest BCUT2D eigenvalue weighted by molar-refractivity contribution is 0.0654. The molecule has 17 heavy (non-hydrogen) atoms. The van der Waals surface area contributed by atoms with Crippen molar-refractivity contribution in [1.82, 2.24) is 14.9 Å². The first-order chi connectivity index (χ1) is 8.06. The molecule has 0 aliphatic carbocycles. The number of hydrogen-bond donors (Lipinski definition) is 2. The smallest absolute Gasteiger partial charge is 0.274 e. The number of hydrogen-bond acceptors (Lipinski definition) is 4. The van der Waals surface area contributed by atoms with Crippen molar-refractivity contribution < 1.29 is 4.79 Å². The molecule has 2 unspecified atom stereocenters. The molecule has 2 heterocycles. The first-order valence-corrected chi connectivity index (χ1v) is 5.66. The number of carbonyl (C=O) groups excluding carboxylic acids is 1. The number of nitrogens with one attached hydrogen (secondary N) is 1. The average Bonchev–Trinajstić information content (AvgIpc) is 2.28. The predicted octanol–water partition coefficient (Wildman–Crippen LogP) is -0.421. The number of nitrogens with zero attached hydrogens (tertiary/aromatic N) is 2. The van der Waals surface area contributed by atoms with Gasteiger partial charge in [-0.3, -0.25) is 9.59 Å². The highest BCUT2D eigenvalue weighted by atomic mass is 16.2. The van der Waals surface area contributed by atoms with Crippen LogP contribution in [0, 0.1) is 5.92 Å². The monoisotopic (exact) mass is 236 g/mol. The second kappa shape index (κ2) is 4.67. The molecule has 1 amide bonds. The highest BCUT2D eigenvalue weighted by Gasteiger charge is 2.26. The number of aromatic amines is 1. The Labute approximate surface area is 98.8 Å². The number of rotatable bonds is 1. The van der Waals surface area contributed by atoms with Gasteiger partial charge >= 0.3 is 0 Å². The third-order valence-electron chi connectivity index (χ3n) is 2.87. The second-order valence-corrected chi connectivity index (χ2v) is 4.61. The molecule has 1 aromatic heterocycles. The van der Waals surface area contributed by atoms with Gasteiger partial charge in [0.1, 0.15) is 5.69 Å². The molecule has 0 aromatic carbocycles. The molecule has 2 rings (SSSR count). The number of aromatic nitrogens is 2. The highest BCUT2D eigenvalue weighted by Crippen LogP contribution is 2.16. The van der Waals surface area contributed by atoms with Crippen molar-refractivity contribution in [3.8, 4) is 0 Å². The molecule has 6 heteroatoms. The first-order valence-electron chi connectivity index (χ1n) is 5.66. The largest absolute Gasteiger partial charge is 0.335 e. The molecule has 1 aliphatic heterocycles. The maximum absolute atomic E-state index is 12.1. The number of carbonyl (C=O) groups is 1. The Morgan fingerprint density at radius 3 is 2.94 bits per heavy atom. The Morgan fingerprint density at radius 2 is 2.35 bits per heavy atom. The van der Waals surface area contributed by atoms with Crippen LogP contribution < -0.4 is 11.3 Å². The topological polar surface area (TPSA) is 92.1 Å². The summed E-state index contributed by atoms with van der Waals surface area (Å²) in [6.45, 7) is 3.30. The molecule has 6 nitrogen and oxygen atoms in total. The molecule has 92 valence electrons. The van der Waals surface area contributed by atoms with Gasteiger partial charge in [-0.15, -0.1) is 0 Å². The van der Waals surface area contributed by atoms with Crippen molar-refractivity contribution in [2.45, 2.75) is 19.4 Å². The Bertz CT molecular complexity index is 440. The minimum Gasteiger partial charge on any atom is -0.335 e. The lowest BCUT2D eigenvalue weighted by atomic mass is 9.96. The SMILES string of the molecule is CC1CC(N)CN(C(=O)c2c[nH]c(=O)cn2)C1. The average molecular weight is 236 g/mol. The fourth-order valence-electron chi connectivity index (χ4n) is 2.19. The van der Waals surface area contributed by atoms with Crippen molar-refractivity contribution in [1.29, 1.82) is 0 Å². The van der Waals surface area contributed by atoms with Gasteiger partial charge in [0.25, 0.3) is 11.5 Å². The molecular formula is C11H16N4O2. The maximum atomic E-state index is 12.1. The van der Waals surface area contributed by atoms with Crippen LogP contribution in [0.4, 0.5) is 0 Å². The summed E-state index contributed by atoms with van der Waals surface area (Å²) < 4.78 is 0. The zero-order valence-corrected chi connectivity index (χ0v) is 9.72. The van der Waals surface area contributed by atoms with E-state index in [4.69, 9.17) is 5.73 Å². The molecule has 0 radical (unpaired) electrons. The zero-order chi connectivity index (χ0) is 12.4. The standard InChI is InChI=1S/C11H16N4O2/c1-7-2-8(12)6-15(5-7)11(17)9-3-14-10(16)4-13-9/h3-4,7-8H,2,5-6,12H2,1H3,(H,14,16). The minimum absolute atomic E-state index is 0.0189. The van der Waals surface area contributed by atoms with E-state index in [1.165, 1.54) is 6.20 Å². The minimum atomic E-state index is -0.315. The molecule has 1 aromatic rings. The summed E-state index contributed by atoms with van der Waals surface area (Å²) in [5.74, 6) is 0.216. The van der Waals surface area contributed by atoms with E-state index in [0.717, 1.165) is 12.6 Å². The lowest BCUT2D eigenvalue weighted by Gasteiger charge is -2.34. The molecule has 3 N–H and O–H groups in total. The van der Waals surface area contributed by atoms with Crippen LogP contribution >= 0.6 is 0 Å². The number of likely N-dealkylation sites (tertiary alicyclic amines) is 1. The summed E-state index contributed by atoms with van der Waals surface area (Å²) >= 11 is 0. The molecular weight excluding hydrogens is 220 g/mol. The first kappa shape index (κ1) is 11.8. The van der Waals surface area contributed by atoms with Crippen molar-refractivity contribution in [2.75, 3.05) is 13.1 Å². The molecule has 0 saturated carbocycles. The molecule has 0 bridgehead atoms. The van der Waals surface area contributed by atoms with Gasteiger partial charge in [-0.05, 0) is 12.3 Å². The Kier molecular flexibility index (Phi) is 3.23. The highest BCUT2D eigenvalue weighted by molar-refractivity contribution is 5.92. The van der Waals surface area contributed by atoms with E-state index in [1.807, 2.05) is 0 Å². The van der Waals surface area contributed by atoms with E-state index in [-0.39, 0.29) is 23.2 Å². The van der Waals surface area contributed by atoms with Crippen LogP contribution in [0.3, 0.4) is 0 Å². The van der Waals surface area contributed by atoms with Crippen LogP contribution in [0.25, 0.3) is 0 Å². The van der Waals surface area contributed by atoms with Gasteiger partial charge in [-0.25, -0.2) is 4.98 Å². The van der Waals surface area contributed by atoms with E-state index in [1.54, 1.807) is 4.90 Å². The Morgan fingerprint density at radius 1 is 1.59 bits per heavy atom. The van der Waals surface area contributed by atoms with Crippen LogP contribution in [-0.2, 0) is 0 Å². The van der Waals surface area contributed by atoms with Crippen LogP contribution in [0.2, 0.25) is 0 Å². The summed E-state index contributed by atoms with van der Waals surface area (Å²) in [6.07, 6.45) is 3.39. The van der Waals surface area contributed by atoms with Crippen LogP contribution in [-0.4, -0.2) is 39.9 Å². The van der Waals surface area contributed by atoms with Crippen molar-refractivity contribution in [3.63, 3.8) is 0 Å². The van der Waals surface area contributed by atoms with E-state index in [2.05, 4.69) is 16.9 Å². The van der Waals surface area contributed by atoms with Crippen molar-refractivity contribution >= 4 is 5.91 Å². The number of piperidine rings is 1. The molecule has 0 spiro atoms. The summed E-state index contributed by atoms with van der Waals surface area (Å²) in [4.78, 5) is 30.9. The van der Waals surface area contributed by atoms with Gasteiger partial charge in [0.15, 0.2) is 0 Å². The van der Waals surface area contributed by atoms with Gasteiger partial charge in [-0.1, -0.05) is 6.92 Å². The molecule has 1 saturated heterocycles. The van der Waals surface area contributed by atoms with Crippen LogP contribution in [0.1, 0.15) is 23.8 Å². The summed E-state index contributed by atoms with van der Waals surface area (Å²) in [6, 6.07) is 0.0189. The Balaban J connectivity index is 2.14. The number of amides is 1. The normalized spacial score (nSPS) is 24.7. The number of H-pyrrole nitrogens is 1. The van der Waals surface area contributed by atoms with E-state index in [0.29, 0.717) is 19.0 Å². The van der Waals surface area contributed by atoms with Crippen LogP contribution in [0.5, 0.6) is 0 Å². The second-order valence-electron chi connectivity index (χ2n) is 4.61. The summed E-state index contributed by atoms with van der Waals surface area (Å²) in [5.41, 5.74) is 5.82. The fraction of sp³-hybridized carbons (Fsp3) is 0.545. The van der Waals surface area contributed by atoms with Gasteiger partial charge in [0, 0.05) is 25.3 Å². The van der Waals surface area contributed by atoms with Gasteiger partial charge in [0.2, 0.25) is 0 Å². The van der Waals surface area contributed by atoms with Crippen LogP contribution in [0.15, 0.2) is 17.2 Å². The maximum Gasteiger partial charge on any atom is 0.274 e. The van der Waals surface area contributed by atoms with Gasteiger partial charge in [-0.2, -0.15) is 0 Å². The lowest BCUT2D eigenvalue weighted by Crippen LogP contribution is -2.49. The van der Waals surface area contributed by atoms with Crippen molar-refractivity contribution in [2.24, 2.45) is 11.7 Å². The Hall–Kier alpha value is -1.69. The van der Waals surface area contributed by atoms with Gasteiger partial charge in [0.05, 0.1) is 6.20 Å². The quantitative estimate of drug-likeness (QED) is 0.692.